The molecule has 0 amide bonds. The van der Waals surface area contributed by atoms with Gasteiger partial charge in [0.25, 0.3) is 0 Å². The molecular weight excluding hydrogens is 242 g/mol. The van der Waals surface area contributed by atoms with Crippen LogP contribution in [0.2, 0.25) is 0 Å². The van der Waals surface area contributed by atoms with Crippen LogP contribution in [-0.4, -0.2) is 16.0 Å². The third-order valence-electron chi connectivity index (χ3n) is 2.97. The Balaban J connectivity index is 2.15. The summed E-state index contributed by atoms with van der Waals surface area (Å²) in [6.45, 7) is 4.21. The lowest BCUT2D eigenvalue weighted by Gasteiger charge is -2.15. The van der Waals surface area contributed by atoms with Gasteiger partial charge in [-0.1, -0.05) is 6.07 Å². The molecule has 1 N–H and O–H groups in total. The lowest BCUT2D eigenvalue weighted by Crippen LogP contribution is -2.07. The summed E-state index contributed by atoms with van der Waals surface area (Å²) in [6.07, 6.45) is 4.17. The highest BCUT2D eigenvalue weighted by Crippen LogP contribution is 2.24. The second-order valence-corrected chi connectivity index (χ2v) is 5.32. The van der Waals surface area contributed by atoms with Crippen molar-refractivity contribution >= 4 is 17.4 Å². The number of hydrogen-bond acceptors (Lipinski definition) is 3. The Hall–Kier alpha value is -1.42. The monoisotopic (exact) mass is 261 g/mol. The highest BCUT2D eigenvalue weighted by Gasteiger charge is 2.11. The summed E-state index contributed by atoms with van der Waals surface area (Å²) in [6, 6.07) is 8.73. The zero-order valence-electron chi connectivity index (χ0n) is 11.3. The van der Waals surface area contributed by atoms with Crippen molar-refractivity contribution in [1.29, 1.82) is 0 Å². The molecule has 1 aromatic carbocycles. The number of aromatic nitrogens is 2. The number of rotatable bonds is 4. The Bertz CT molecular complexity index is 534. The van der Waals surface area contributed by atoms with E-state index in [0.717, 1.165) is 11.4 Å². The van der Waals surface area contributed by atoms with Gasteiger partial charge in [-0.2, -0.15) is 5.10 Å². The molecular formula is C14H19N3S. The molecule has 0 saturated carbocycles. The number of benzene rings is 1. The number of thioether (sulfide) groups is 1. The molecule has 1 aromatic heterocycles. The van der Waals surface area contributed by atoms with E-state index in [1.165, 1.54) is 10.5 Å². The third-order valence-corrected chi connectivity index (χ3v) is 3.70. The minimum atomic E-state index is 0.260. The molecule has 0 aliphatic heterocycles. The molecule has 1 heterocycles. The van der Waals surface area contributed by atoms with Gasteiger partial charge in [-0.05, 0) is 38.3 Å². The van der Waals surface area contributed by atoms with Gasteiger partial charge in [0.15, 0.2) is 0 Å². The van der Waals surface area contributed by atoms with Crippen molar-refractivity contribution in [3.63, 3.8) is 0 Å². The van der Waals surface area contributed by atoms with E-state index >= 15 is 0 Å². The lowest BCUT2D eigenvalue weighted by atomic mass is 10.1. The van der Waals surface area contributed by atoms with Gasteiger partial charge < -0.3 is 5.32 Å². The van der Waals surface area contributed by atoms with Crippen molar-refractivity contribution in [3.05, 3.63) is 41.7 Å². The van der Waals surface area contributed by atoms with Crippen LogP contribution in [0.4, 0.5) is 5.69 Å². The first-order valence-corrected chi connectivity index (χ1v) is 7.23. The third kappa shape index (κ3) is 2.88. The molecule has 0 aliphatic carbocycles. The number of aryl methyl sites for hydroxylation is 2. The SMILES string of the molecule is CSc1cccc(NC(C)c2cn(C)nc2C)c1. The van der Waals surface area contributed by atoms with Gasteiger partial charge in [0, 0.05) is 29.4 Å². The fraction of sp³-hybridized carbons (Fsp3) is 0.357. The van der Waals surface area contributed by atoms with E-state index in [9.17, 15) is 0 Å². The molecule has 0 radical (unpaired) electrons. The standard InChI is InChI=1S/C14H19N3S/c1-10(14-9-17(3)16-11(14)2)15-12-6-5-7-13(8-12)18-4/h5-10,15H,1-4H3. The van der Waals surface area contributed by atoms with E-state index in [2.05, 4.69) is 54.1 Å². The molecule has 1 unspecified atom stereocenters. The molecule has 0 aliphatic rings. The Kier molecular flexibility index (Phi) is 3.97. The molecule has 18 heavy (non-hydrogen) atoms. The van der Waals surface area contributed by atoms with Crippen molar-refractivity contribution in [2.24, 2.45) is 7.05 Å². The van der Waals surface area contributed by atoms with Crippen LogP contribution in [-0.2, 0) is 7.05 Å². The number of hydrogen-bond donors (Lipinski definition) is 1. The first-order valence-electron chi connectivity index (χ1n) is 6.01. The summed E-state index contributed by atoms with van der Waals surface area (Å²) in [7, 11) is 1.96. The quantitative estimate of drug-likeness (QED) is 0.852. The molecule has 1 atom stereocenters. The predicted molar refractivity (Wildman–Crippen MR) is 78.2 cm³/mol. The van der Waals surface area contributed by atoms with Crippen molar-refractivity contribution in [2.75, 3.05) is 11.6 Å². The van der Waals surface area contributed by atoms with E-state index < -0.39 is 0 Å². The molecule has 2 rings (SSSR count). The van der Waals surface area contributed by atoms with Crippen molar-refractivity contribution in [2.45, 2.75) is 24.8 Å². The van der Waals surface area contributed by atoms with Crippen molar-refractivity contribution in [1.82, 2.24) is 9.78 Å². The van der Waals surface area contributed by atoms with E-state index in [-0.39, 0.29) is 6.04 Å². The molecule has 96 valence electrons. The molecule has 0 saturated heterocycles. The minimum Gasteiger partial charge on any atom is -0.378 e. The van der Waals surface area contributed by atoms with Gasteiger partial charge in [-0.3, -0.25) is 4.68 Å². The molecule has 0 fully saturated rings. The number of anilines is 1. The first kappa shape index (κ1) is 13.0. The van der Waals surface area contributed by atoms with E-state index in [4.69, 9.17) is 0 Å². The normalized spacial score (nSPS) is 12.4. The maximum atomic E-state index is 4.38. The Morgan fingerprint density at radius 2 is 2.17 bits per heavy atom. The van der Waals surface area contributed by atoms with Crippen LogP contribution < -0.4 is 5.32 Å². The zero-order chi connectivity index (χ0) is 13.1. The average Bonchev–Trinajstić information content (AvgIpc) is 2.69. The summed E-state index contributed by atoms with van der Waals surface area (Å²) in [5, 5.41) is 7.90. The fourth-order valence-corrected chi connectivity index (χ4v) is 2.54. The van der Waals surface area contributed by atoms with Gasteiger partial charge in [0.1, 0.15) is 0 Å². The summed E-state index contributed by atoms with van der Waals surface area (Å²) in [4.78, 5) is 1.27. The molecule has 0 spiro atoms. The Morgan fingerprint density at radius 3 is 2.78 bits per heavy atom. The fourth-order valence-electron chi connectivity index (χ4n) is 2.08. The second kappa shape index (κ2) is 5.48. The average molecular weight is 261 g/mol. The smallest absolute Gasteiger partial charge is 0.0646 e. The van der Waals surface area contributed by atoms with Crippen molar-refractivity contribution < 1.29 is 0 Å². The molecule has 2 aromatic rings. The van der Waals surface area contributed by atoms with Gasteiger partial charge in [-0.15, -0.1) is 11.8 Å². The van der Waals surface area contributed by atoms with Crippen LogP contribution >= 0.6 is 11.8 Å². The first-order chi connectivity index (χ1) is 8.60. The van der Waals surface area contributed by atoms with E-state index in [1.807, 2.05) is 18.7 Å². The summed E-state index contributed by atoms with van der Waals surface area (Å²) in [5.74, 6) is 0. The maximum absolute atomic E-state index is 4.38. The van der Waals surface area contributed by atoms with Crippen LogP contribution in [0.3, 0.4) is 0 Å². The van der Waals surface area contributed by atoms with Gasteiger partial charge in [0.05, 0.1) is 11.7 Å². The summed E-state index contributed by atoms with van der Waals surface area (Å²) < 4.78 is 1.86. The molecule has 4 heteroatoms. The Morgan fingerprint density at radius 1 is 1.39 bits per heavy atom. The topological polar surface area (TPSA) is 29.9 Å². The van der Waals surface area contributed by atoms with Crippen LogP contribution in [0, 0.1) is 6.92 Å². The lowest BCUT2D eigenvalue weighted by molar-refractivity contribution is 0.756. The summed E-state index contributed by atoms with van der Waals surface area (Å²) in [5.41, 5.74) is 3.48. The van der Waals surface area contributed by atoms with Gasteiger partial charge >= 0.3 is 0 Å². The zero-order valence-corrected chi connectivity index (χ0v) is 12.1. The van der Waals surface area contributed by atoms with Crippen LogP contribution in [0.1, 0.15) is 24.2 Å². The predicted octanol–water partition coefficient (Wildman–Crippen LogP) is 3.62. The van der Waals surface area contributed by atoms with Gasteiger partial charge in [-0.25, -0.2) is 0 Å². The highest BCUT2D eigenvalue weighted by atomic mass is 32.2. The number of nitrogens with one attached hydrogen (secondary N) is 1. The minimum absolute atomic E-state index is 0.260. The van der Waals surface area contributed by atoms with E-state index in [0.29, 0.717) is 0 Å². The Labute approximate surface area is 113 Å². The largest absolute Gasteiger partial charge is 0.378 e. The maximum Gasteiger partial charge on any atom is 0.0646 e. The molecule has 0 bridgehead atoms. The van der Waals surface area contributed by atoms with E-state index in [1.54, 1.807) is 11.8 Å². The van der Waals surface area contributed by atoms with Crippen molar-refractivity contribution in [3.8, 4) is 0 Å². The van der Waals surface area contributed by atoms with Crippen LogP contribution in [0.15, 0.2) is 35.4 Å². The second-order valence-electron chi connectivity index (χ2n) is 4.44. The number of nitrogens with zero attached hydrogens (tertiary/aromatic N) is 2. The van der Waals surface area contributed by atoms with Crippen LogP contribution in [0.25, 0.3) is 0 Å². The van der Waals surface area contributed by atoms with Crippen LogP contribution in [0.5, 0.6) is 0 Å². The molecule has 3 nitrogen and oxygen atoms in total. The summed E-state index contributed by atoms with van der Waals surface area (Å²) >= 11 is 1.76. The highest BCUT2D eigenvalue weighted by molar-refractivity contribution is 7.98. The van der Waals surface area contributed by atoms with Gasteiger partial charge in [0.2, 0.25) is 0 Å².